The molecular weight excluding hydrogens is 262 g/mol. The molecule has 0 atom stereocenters. The van der Waals surface area contributed by atoms with Gasteiger partial charge in [0.2, 0.25) is 0 Å². The molecule has 14 heavy (non-hydrogen) atoms. The summed E-state index contributed by atoms with van der Waals surface area (Å²) in [4.78, 5) is 0. The first kappa shape index (κ1) is 9.50. The maximum absolute atomic E-state index is 8.93. The molecule has 2 nitrogen and oxygen atoms in total. The number of thiophene rings is 1. The standard InChI is InChI=1S/C10H6BrNOS/c1-13-6-2-3-7-8(5-12)10(11)14-9(7)4-6/h2-4H,1H3. The summed E-state index contributed by atoms with van der Waals surface area (Å²) in [5.74, 6) is 0.815. The molecule has 0 saturated heterocycles. The van der Waals surface area contributed by atoms with Gasteiger partial charge in [-0.2, -0.15) is 5.26 Å². The van der Waals surface area contributed by atoms with Crippen molar-refractivity contribution in [1.82, 2.24) is 0 Å². The highest BCUT2D eigenvalue weighted by Gasteiger charge is 2.09. The van der Waals surface area contributed by atoms with E-state index in [2.05, 4.69) is 22.0 Å². The highest BCUT2D eigenvalue weighted by Crippen LogP contribution is 2.36. The van der Waals surface area contributed by atoms with Gasteiger partial charge in [0.15, 0.2) is 0 Å². The molecule has 0 bridgehead atoms. The first-order chi connectivity index (χ1) is 6.76. The van der Waals surface area contributed by atoms with Gasteiger partial charge in [0.1, 0.15) is 11.8 Å². The Hall–Kier alpha value is -1.05. The summed E-state index contributed by atoms with van der Waals surface area (Å²) >= 11 is 4.92. The van der Waals surface area contributed by atoms with Gasteiger partial charge < -0.3 is 4.74 Å². The second-order valence-corrected chi connectivity index (χ2v) is 5.09. The van der Waals surface area contributed by atoms with Crippen LogP contribution in [-0.2, 0) is 0 Å². The van der Waals surface area contributed by atoms with Gasteiger partial charge in [-0.05, 0) is 34.1 Å². The van der Waals surface area contributed by atoms with Crippen molar-refractivity contribution in [2.45, 2.75) is 0 Å². The Balaban J connectivity index is 2.76. The number of ether oxygens (including phenoxy) is 1. The molecule has 1 aromatic carbocycles. The zero-order valence-corrected chi connectivity index (χ0v) is 9.78. The van der Waals surface area contributed by atoms with Crippen LogP contribution in [0.1, 0.15) is 5.56 Å². The molecule has 4 heteroatoms. The van der Waals surface area contributed by atoms with E-state index in [1.54, 1.807) is 18.4 Å². The smallest absolute Gasteiger partial charge is 0.120 e. The van der Waals surface area contributed by atoms with Gasteiger partial charge in [0.05, 0.1) is 16.5 Å². The largest absolute Gasteiger partial charge is 0.497 e. The van der Waals surface area contributed by atoms with Crippen LogP contribution in [0, 0.1) is 11.3 Å². The van der Waals surface area contributed by atoms with E-state index in [1.165, 1.54) is 0 Å². The van der Waals surface area contributed by atoms with Crippen molar-refractivity contribution in [2.75, 3.05) is 7.11 Å². The van der Waals surface area contributed by atoms with Crippen molar-refractivity contribution in [3.05, 3.63) is 27.5 Å². The Morgan fingerprint density at radius 1 is 1.50 bits per heavy atom. The van der Waals surface area contributed by atoms with Crippen LogP contribution in [0.2, 0.25) is 0 Å². The van der Waals surface area contributed by atoms with Crippen molar-refractivity contribution in [3.8, 4) is 11.8 Å². The lowest BCUT2D eigenvalue weighted by atomic mass is 10.2. The fraction of sp³-hybridized carbons (Fsp3) is 0.100. The number of nitrogens with zero attached hydrogens (tertiary/aromatic N) is 1. The van der Waals surface area contributed by atoms with Crippen LogP contribution in [0.5, 0.6) is 5.75 Å². The minimum atomic E-state index is 0.702. The van der Waals surface area contributed by atoms with E-state index in [4.69, 9.17) is 10.00 Å². The summed E-state index contributed by atoms with van der Waals surface area (Å²) in [5.41, 5.74) is 0.702. The summed E-state index contributed by atoms with van der Waals surface area (Å²) in [7, 11) is 1.63. The van der Waals surface area contributed by atoms with E-state index in [0.717, 1.165) is 19.6 Å². The van der Waals surface area contributed by atoms with Crippen LogP contribution in [-0.4, -0.2) is 7.11 Å². The molecule has 0 unspecified atom stereocenters. The van der Waals surface area contributed by atoms with Crippen LogP contribution < -0.4 is 4.74 Å². The van der Waals surface area contributed by atoms with Gasteiger partial charge in [-0.15, -0.1) is 11.3 Å². The topological polar surface area (TPSA) is 33.0 Å². The van der Waals surface area contributed by atoms with Crippen LogP contribution in [0.4, 0.5) is 0 Å². The van der Waals surface area contributed by atoms with E-state index in [1.807, 2.05) is 18.2 Å². The number of rotatable bonds is 1. The molecule has 0 spiro atoms. The molecule has 2 aromatic rings. The van der Waals surface area contributed by atoms with Crippen LogP contribution in [0.25, 0.3) is 10.1 Å². The minimum absolute atomic E-state index is 0.702. The Kier molecular flexibility index (Phi) is 2.44. The van der Waals surface area contributed by atoms with Crippen LogP contribution in [0.3, 0.4) is 0 Å². The first-order valence-corrected chi connectivity index (χ1v) is 5.53. The van der Waals surface area contributed by atoms with E-state index in [0.29, 0.717) is 5.56 Å². The average Bonchev–Trinajstić information content (AvgIpc) is 2.51. The van der Waals surface area contributed by atoms with Crippen LogP contribution >= 0.6 is 27.3 Å². The molecule has 0 N–H and O–H groups in total. The summed E-state index contributed by atoms with van der Waals surface area (Å²) in [6.07, 6.45) is 0. The summed E-state index contributed by atoms with van der Waals surface area (Å²) < 4.78 is 7.05. The zero-order valence-electron chi connectivity index (χ0n) is 7.37. The van der Waals surface area contributed by atoms with Gasteiger partial charge in [-0.25, -0.2) is 0 Å². The fourth-order valence-corrected chi connectivity index (χ4v) is 3.01. The van der Waals surface area contributed by atoms with Gasteiger partial charge in [0, 0.05) is 10.1 Å². The minimum Gasteiger partial charge on any atom is -0.497 e. The summed E-state index contributed by atoms with van der Waals surface area (Å²) in [5, 5.41) is 9.90. The predicted molar refractivity (Wildman–Crippen MR) is 60.8 cm³/mol. The Bertz CT molecular complexity index is 527. The molecule has 0 amide bonds. The molecule has 70 valence electrons. The number of nitriles is 1. The lowest BCUT2D eigenvalue weighted by Crippen LogP contribution is -1.80. The Morgan fingerprint density at radius 3 is 2.93 bits per heavy atom. The molecular formula is C10H6BrNOS. The average molecular weight is 268 g/mol. The van der Waals surface area contributed by atoms with Crippen LogP contribution in [0.15, 0.2) is 22.0 Å². The molecule has 0 fully saturated rings. The number of hydrogen-bond acceptors (Lipinski definition) is 3. The molecule has 0 radical (unpaired) electrons. The number of halogens is 1. The molecule has 1 aromatic heterocycles. The van der Waals surface area contributed by atoms with Gasteiger partial charge in [-0.1, -0.05) is 0 Å². The molecule has 1 heterocycles. The normalized spacial score (nSPS) is 10.1. The van der Waals surface area contributed by atoms with E-state index in [9.17, 15) is 0 Å². The highest BCUT2D eigenvalue weighted by molar-refractivity contribution is 9.11. The molecule has 0 aliphatic rings. The van der Waals surface area contributed by atoms with Crippen molar-refractivity contribution in [1.29, 1.82) is 5.26 Å². The van der Waals surface area contributed by atoms with Crippen molar-refractivity contribution < 1.29 is 4.74 Å². The lowest BCUT2D eigenvalue weighted by Gasteiger charge is -1.97. The molecule has 0 aliphatic carbocycles. The molecule has 0 aliphatic heterocycles. The summed E-state index contributed by atoms with van der Waals surface area (Å²) in [6, 6.07) is 7.89. The van der Waals surface area contributed by atoms with E-state index < -0.39 is 0 Å². The number of benzene rings is 1. The number of fused-ring (bicyclic) bond motifs is 1. The van der Waals surface area contributed by atoms with Gasteiger partial charge in [0.25, 0.3) is 0 Å². The Morgan fingerprint density at radius 2 is 2.29 bits per heavy atom. The summed E-state index contributed by atoms with van der Waals surface area (Å²) in [6.45, 7) is 0. The number of hydrogen-bond donors (Lipinski definition) is 0. The predicted octanol–water partition coefficient (Wildman–Crippen LogP) is 3.54. The third-order valence-corrected chi connectivity index (χ3v) is 3.79. The molecule has 2 rings (SSSR count). The monoisotopic (exact) mass is 267 g/mol. The van der Waals surface area contributed by atoms with Gasteiger partial charge >= 0.3 is 0 Å². The number of methoxy groups -OCH3 is 1. The lowest BCUT2D eigenvalue weighted by molar-refractivity contribution is 0.415. The maximum atomic E-state index is 8.93. The third-order valence-electron chi connectivity index (χ3n) is 1.97. The molecule has 0 saturated carbocycles. The fourth-order valence-electron chi connectivity index (χ4n) is 1.28. The van der Waals surface area contributed by atoms with Crippen molar-refractivity contribution >= 4 is 37.4 Å². The highest BCUT2D eigenvalue weighted by atomic mass is 79.9. The Labute approximate surface area is 93.9 Å². The van der Waals surface area contributed by atoms with Crippen molar-refractivity contribution in [3.63, 3.8) is 0 Å². The van der Waals surface area contributed by atoms with E-state index in [-0.39, 0.29) is 0 Å². The maximum Gasteiger partial charge on any atom is 0.120 e. The zero-order chi connectivity index (χ0) is 10.1. The van der Waals surface area contributed by atoms with E-state index >= 15 is 0 Å². The second kappa shape index (κ2) is 3.60. The quantitative estimate of drug-likeness (QED) is 0.792. The second-order valence-electron chi connectivity index (χ2n) is 2.72. The van der Waals surface area contributed by atoms with Gasteiger partial charge in [-0.3, -0.25) is 0 Å². The SMILES string of the molecule is COc1ccc2c(C#N)c(Br)sc2c1. The first-order valence-electron chi connectivity index (χ1n) is 3.92. The van der Waals surface area contributed by atoms with Crippen molar-refractivity contribution in [2.24, 2.45) is 0 Å². The third kappa shape index (κ3) is 1.39.